The predicted molar refractivity (Wildman–Crippen MR) is 97.8 cm³/mol. The number of furan rings is 1. The zero-order chi connectivity index (χ0) is 18.7. The molecule has 0 radical (unpaired) electrons. The Morgan fingerprint density at radius 1 is 1.42 bits per heavy atom. The van der Waals surface area contributed by atoms with Crippen molar-refractivity contribution in [2.45, 2.75) is 38.8 Å². The number of carbonyl (C=O) groups excluding carboxylic acids is 1. The summed E-state index contributed by atoms with van der Waals surface area (Å²) in [5.74, 6) is 0.300. The fourth-order valence-corrected chi connectivity index (χ4v) is 3.46. The van der Waals surface area contributed by atoms with Gasteiger partial charge in [-0.1, -0.05) is 13.8 Å². The second-order valence-corrected chi connectivity index (χ2v) is 7.25. The second-order valence-electron chi connectivity index (χ2n) is 7.25. The lowest BCUT2D eigenvalue weighted by molar-refractivity contribution is 0.0386. The van der Waals surface area contributed by atoms with Gasteiger partial charge in [-0.15, -0.1) is 0 Å². The molecule has 0 saturated carbocycles. The van der Waals surface area contributed by atoms with Crippen molar-refractivity contribution in [2.24, 2.45) is 7.05 Å². The first kappa shape index (κ1) is 18.7. The normalized spacial score (nSPS) is 18.7. The number of hydrogen-bond donors (Lipinski definition) is 1. The lowest BCUT2D eigenvalue weighted by atomic mass is 10.1. The number of aliphatic hydroxyl groups excluding tert-OH is 1. The highest BCUT2D eigenvalue weighted by atomic mass is 16.3. The maximum Gasteiger partial charge on any atom is 0.272 e. The van der Waals surface area contributed by atoms with Crippen LogP contribution in [0.5, 0.6) is 0 Å². The highest BCUT2D eigenvalue weighted by Gasteiger charge is 2.31. The Labute approximate surface area is 154 Å². The van der Waals surface area contributed by atoms with Crippen LogP contribution in [0.4, 0.5) is 0 Å². The molecular weight excluding hydrogens is 332 g/mol. The molecule has 1 fully saturated rings. The van der Waals surface area contributed by atoms with E-state index in [4.69, 9.17) is 4.42 Å². The van der Waals surface area contributed by atoms with Crippen LogP contribution in [0.25, 0.3) is 0 Å². The van der Waals surface area contributed by atoms with E-state index < -0.39 is 0 Å². The van der Waals surface area contributed by atoms with Gasteiger partial charge in [-0.05, 0) is 24.5 Å². The molecule has 0 aliphatic carbocycles. The van der Waals surface area contributed by atoms with Crippen LogP contribution < -0.4 is 0 Å². The van der Waals surface area contributed by atoms with E-state index >= 15 is 0 Å². The minimum absolute atomic E-state index is 0.0119. The van der Waals surface area contributed by atoms with Crippen LogP contribution in [0, 0.1) is 0 Å². The van der Waals surface area contributed by atoms with E-state index in [1.807, 2.05) is 24.1 Å². The molecule has 1 aliphatic rings. The Morgan fingerprint density at radius 2 is 2.23 bits per heavy atom. The van der Waals surface area contributed by atoms with Crippen LogP contribution in [0.3, 0.4) is 0 Å². The van der Waals surface area contributed by atoms with E-state index in [0.29, 0.717) is 25.2 Å². The third-order valence-corrected chi connectivity index (χ3v) is 5.03. The van der Waals surface area contributed by atoms with Crippen molar-refractivity contribution in [3.63, 3.8) is 0 Å². The van der Waals surface area contributed by atoms with Gasteiger partial charge in [-0.2, -0.15) is 5.10 Å². The van der Waals surface area contributed by atoms with Crippen molar-refractivity contribution < 1.29 is 14.3 Å². The van der Waals surface area contributed by atoms with Gasteiger partial charge < -0.3 is 14.4 Å². The lowest BCUT2D eigenvalue weighted by Gasteiger charge is -2.41. The van der Waals surface area contributed by atoms with Crippen molar-refractivity contribution in [1.82, 2.24) is 19.6 Å². The number of nitrogens with zero attached hydrogens (tertiary/aromatic N) is 4. The van der Waals surface area contributed by atoms with Gasteiger partial charge in [0.25, 0.3) is 5.91 Å². The van der Waals surface area contributed by atoms with Crippen molar-refractivity contribution in [1.29, 1.82) is 0 Å². The molecule has 1 aliphatic heterocycles. The summed E-state index contributed by atoms with van der Waals surface area (Å²) in [4.78, 5) is 17.2. The minimum atomic E-state index is 0.0119. The van der Waals surface area contributed by atoms with Gasteiger partial charge in [-0.25, -0.2) is 0 Å². The van der Waals surface area contributed by atoms with Gasteiger partial charge in [0.15, 0.2) is 0 Å². The van der Waals surface area contributed by atoms with Crippen LogP contribution in [0.15, 0.2) is 29.1 Å². The van der Waals surface area contributed by atoms with E-state index in [1.54, 1.807) is 17.2 Å². The zero-order valence-corrected chi connectivity index (χ0v) is 15.8. The number of aromatic nitrogens is 2. The quantitative estimate of drug-likeness (QED) is 0.851. The van der Waals surface area contributed by atoms with E-state index in [2.05, 4.69) is 23.8 Å². The van der Waals surface area contributed by atoms with Crippen molar-refractivity contribution in [2.75, 3.05) is 26.2 Å². The third-order valence-electron chi connectivity index (χ3n) is 5.03. The largest absolute Gasteiger partial charge is 0.472 e. The summed E-state index contributed by atoms with van der Waals surface area (Å²) >= 11 is 0. The van der Waals surface area contributed by atoms with Crippen LogP contribution in [-0.4, -0.2) is 62.9 Å². The molecule has 7 heteroatoms. The SMILES string of the molecule is CC(C)c1cc(C(=O)N2CCN(Cc3ccoc3)C(CCO)C2)n(C)n1. The summed E-state index contributed by atoms with van der Waals surface area (Å²) in [5, 5.41) is 13.9. The van der Waals surface area contributed by atoms with Gasteiger partial charge in [0.2, 0.25) is 0 Å². The first-order chi connectivity index (χ1) is 12.5. The Hall–Kier alpha value is -2.12. The molecule has 1 unspecified atom stereocenters. The average Bonchev–Trinajstić information content (AvgIpc) is 3.25. The van der Waals surface area contributed by atoms with Gasteiger partial charge in [0, 0.05) is 51.4 Å². The summed E-state index contributed by atoms with van der Waals surface area (Å²) in [5.41, 5.74) is 2.67. The van der Waals surface area contributed by atoms with E-state index in [-0.39, 0.29) is 24.5 Å². The maximum atomic E-state index is 13.0. The fourth-order valence-electron chi connectivity index (χ4n) is 3.46. The second kappa shape index (κ2) is 8.05. The predicted octanol–water partition coefficient (Wildman–Crippen LogP) is 1.85. The van der Waals surface area contributed by atoms with E-state index in [9.17, 15) is 9.90 Å². The lowest BCUT2D eigenvalue weighted by Crippen LogP contribution is -2.54. The first-order valence-corrected chi connectivity index (χ1v) is 9.18. The molecule has 0 aromatic carbocycles. The molecule has 3 rings (SSSR count). The molecule has 3 heterocycles. The molecular formula is C19H28N4O3. The number of aliphatic hydroxyl groups is 1. The molecule has 1 amide bonds. The number of rotatable bonds is 6. The summed E-state index contributed by atoms with van der Waals surface area (Å²) in [6.45, 7) is 7.08. The molecule has 1 saturated heterocycles. The average molecular weight is 360 g/mol. The van der Waals surface area contributed by atoms with Crippen molar-refractivity contribution in [3.8, 4) is 0 Å². The van der Waals surface area contributed by atoms with Crippen molar-refractivity contribution in [3.05, 3.63) is 41.6 Å². The molecule has 2 aromatic rings. The smallest absolute Gasteiger partial charge is 0.272 e. The molecule has 2 aromatic heterocycles. The van der Waals surface area contributed by atoms with Crippen LogP contribution in [-0.2, 0) is 13.6 Å². The van der Waals surface area contributed by atoms with Crippen LogP contribution >= 0.6 is 0 Å². The molecule has 26 heavy (non-hydrogen) atoms. The molecule has 0 spiro atoms. The van der Waals surface area contributed by atoms with Crippen LogP contribution in [0.2, 0.25) is 0 Å². The van der Waals surface area contributed by atoms with Gasteiger partial charge >= 0.3 is 0 Å². The number of piperazine rings is 1. The third kappa shape index (κ3) is 3.99. The highest BCUT2D eigenvalue weighted by Crippen LogP contribution is 2.20. The number of hydrogen-bond acceptors (Lipinski definition) is 5. The topological polar surface area (TPSA) is 74.7 Å². The minimum Gasteiger partial charge on any atom is -0.472 e. The number of amides is 1. The monoisotopic (exact) mass is 360 g/mol. The highest BCUT2D eigenvalue weighted by molar-refractivity contribution is 5.92. The fraction of sp³-hybridized carbons (Fsp3) is 0.579. The Morgan fingerprint density at radius 3 is 2.85 bits per heavy atom. The Balaban J connectivity index is 1.71. The number of carbonyl (C=O) groups is 1. The van der Waals surface area contributed by atoms with Crippen LogP contribution in [0.1, 0.15) is 47.9 Å². The van der Waals surface area contributed by atoms with E-state index in [1.165, 1.54) is 0 Å². The summed E-state index contributed by atoms with van der Waals surface area (Å²) in [6.07, 6.45) is 4.06. The Bertz CT molecular complexity index is 723. The molecule has 0 bridgehead atoms. The maximum absolute atomic E-state index is 13.0. The number of aryl methyl sites for hydroxylation is 1. The van der Waals surface area contributed by atoms with Gasteiger partial charge in [0.1, 0.15) is 5.69 Å². The summed E-state index contributed by atoms with van der Waals surface area (Å²) < 4.78 is 6.83. The molecule has 1 atom stereocenters. The standard InChI is InChI=1S/C19H28N4O3/c1-14(2)17-10-18(21(3)20-17)19(25)23-7-6-22(16(12-23)4-8-24)11-15-5-9-26-13-15/h5,9-10,13-14,16,24H,4,6-8,11-12H2,1-3H3. The molecule has 142 valence electrons. The van der Waals surface area contributed by atoms with Gasteiger partial charge in [0.05, 0.1) is 18.2 Å². The molecule has 1 N–H and O–H groups in total. The van der Waals surface area contributed by atoms with E-state index in [0.717, 1.165) is 24.3 Å². The Kier molecular flexibility index (Phi) is 5.78. The van der Waals surface area contributed by atoms with Gasteiger partial charge in [-0.3, -0.25) is 14.4 Å². The van der Waals surface area contributed by atoms with Crippen molar-refractivity contribution >= 4 is 5.91 Å². The summed E-state index contributed by atoms with van der Waals surface area (Å²) in [6, 6.07) is 3.98. The first-order valence-electron chi connectivity index (χ1n) is 9.18. The summed E-state index contributed by atoms with van der Waals surface area (Å²) in [7, 11) is 1.82. The molecule has 7 nitrogen and oxygen atoms in total. The zero-order valence-electron chi connectivity index (χ0n) is 15.8.